The summed E-state index contributed by atoms with van der Waals surface area (Å²) in [6, 6.07) is 22.7. The van der Waals surface area contributed by atoms with Gasteiger partial charge < -0.3 is 15.0 Å². The Morgan fingerprint density at radius 2 is 1.78 bits per heavy atom. The number of nitrogens with zero attached hydrogens (tertiary/aromatic N) is 1. The van der Waals surface area contributed by atoms with Gasteiger partial charge in [0.25, 0.3) is 11.8 Å². The minimum atomic E-state index is -0.176. The summed E-state index contributed by atoms with van der Waals surface area (Å²) in [5.74, 6) is 0.412. The Balaban J connectivity index is 1.58. The van der Waals surface area contributed by atoms with Crippen molar-refractivity contribution in [3.63, 3.8) is 0 Å². The van der Waals surface area contributed by atoms with Crippen LogP contribution in [0.5, 0.6) is 5.75 Å². The lowest BCUT2D eigenvalue weighted by Gasteiger charge is -2.27. The molecule has 162 valence electrons. The van der Waals surface area contributed by atoms with E-state index in [9.17, 15) is 9.59 Å². The van der Waals surface area contributed by atoms with Gasteiger partial charge in [-0.1, -0.05) is 60.3 Å². The van der Waals surface area contributed by atoms with Crippen molar-refractivity contribution in [2.75, 3.05) is 19.1 Å². The fourth-order valence-electron chi connectivity index (χ4n) is 3.57. The first kappa shape index (κ1) is 21.7. The van der Waals surface area contributed by atoms with E-state index >= 15 is 0 Å². The number of fused-ring (bicyclic) bond motifs is 1. The zero-order valence-corrected chi connectivity index (χ0v) is 19.0. The Labute approximate surface area is 192 Å². The molecular formula is C26H24N2O3S. The molecule has 4 rings (SSSR count). The summed E-state index contributed by atoms with van der Waals surface area (Å²) >= 11 is 1.40. The van der Waals surface area contributed by atoms with Crippen molar-refractivity contribution in [2.24, 2.45) is 0 Å². The summed E-state index contributed by atoms with van der Waals surface area (Å²) in [5.41, 5.74) is 3.11. The van der Waals surface area contributed by atoms with Crippen LogP contribution in [-0.4, -0.2) is 26.0 Å². The summed E-state index contributed by atoms with van der Waals surface area (Å²) in [6.45, 7) is 1.95. The molecule has 0 aromatic heterocycles. The van der Waals surface area contributed by atoms with E-state index in [1.54, 1.807) is 31.2 Å². The van der Waals surface area contributed by atoms with E-state index in [-0.39, 0.29) is 17.9 Å². The van der Waals surface area contributed by atoms with Crippen molar-refractivity contribution >= 4 is 35.3 Å². The van der Waals surface area contributed by atoms with Crippen molar-refractivity contribution in [1.82, 2.24) is 5.32 Å². The number of para-hydroxylation sites is 1. The van der Waals surface area contributed by atoms with Crippen molar-refractivity contribution in [3.8, 4) is 5.75 Å². The number of carbonyl (C=O) groups is 2. The molecule has 1 aliphatic rings. The molecule has 0 bridgehead atoms. The topological polar surface area (TPSA) is 58.6 Å². The fraction of sp³-hybridized carbons (Fsp3) is 0.154. The molecular weight excluding hydrogens is 420 g/mol. The highest BCUT2D eigenvalue weighted by molar-refractivity contribution is 8.04. The second-order valence-corrected chi connectivity index (χ2v) is 8.59. The molecule has 32 heavy (non-hydrogen) atoms. The Bertz CT molecular complexity index is 1190. The lowest BCUT2D eigenvalue weighted by atomic mass is 10.1. The van der Waals surface area contributed by atoms with E-state index in [1.165, 1.54) is 11.8 Å². The maximum atomic E-state index is 13.0. The van der Waals surface area contributed by atoms with Crippen molar-refractivity contribution in [1.29, 1.82) is 0 Å². The number of hydrogen-bond acceptors (Lipinski definition) is 4. The van der Waals surface area contributed by atoms with Gasteiger partial charge in [-0.2, -0.15) is 0 Å². The van der Waals surface area contributed by atoms with Gasteiger partial charge in [-0.25, -0.2) is 0 Å². The van der Waals surface area contributed by atoms with Gasteiger partial charge in [0.2, 0.25) is 0 Å². The van der Waals surface area contributed by atoms with Crippen LogP contribution in [0.1, 0.15) is 34.5 Å². The molecule has 1 heterocycles. The lowest BCUT2D eigenvalue weighted by Crippen LogP contribution is -2.31. The minimum absolute atomic E-state index is 0.121. The van der Waals surface area contributed by atoms with Crippen LogP contribution in [-0.2, 0) is 4.79 Å². The molecule has 2 amide bonds. The van der Waals surface area contributed by atoms with E-state index in [1.807, 2.05) is 73.7 Å². The molecule has 0 fully saturated rings. The SMILES string of the molecule is COc1ccccc1C=C1Sc2ccc(C(=O)NC(C)c3ccccc3)cc2N(C)C1=O. The fourth-order valence-corrected chi connectivity index (χ4v) is 4.65. The number of nitrogens with one attached hydrogen (secondary N) is 1. The van der Waals surface area contributed by atoms with Gasteiger partial charge in [0.15, 0.2) is 0 Å². The summed E-state index contributed by atoms with van der Waals surface area (Å²) in [5, 5.41) is 3.02. The molecule has 3 aromatic rings. The molecule has 1 aliphatic heterocycles. The van der Waals surface area contributed by atoms with Crippen molar-refractivity contribution in [3.05, 3.63) is 94.4 Å². The van der Waals surface area contributed by atoms with Crippen molar-refractivity contribution in [2.45, 2.75) is 17.9 Å². The van der Waals surface area contributed by atoms with Gasteiger partial charge >= 0.3 is 0 Å². The largest absolute Gasteiger partial charge is 0.496 e. The smallest absolute Gasteiger partial charge is 0.264 e. The van der Waals surface area contributed by atoms with Crippen LogP contribution < -0.4 is 15.0 Å². The minimum Gasteiger partial charge on any atom is -0.496 e. The van der Waals surface area contributed by atoms with E-state index in [2.05, 4.69) is 5.32 Å². The number of benzene rings is 3. The van der Waals surface area contributed by atoms with E-state index in [0.29, 0.717) is 16.2 Å². The quantitative estimate of drug-likeness (QED) is 0.543. The average Bonchev–Trinajstić information content (AvgIpc) is 2.83. The highest BCUT2D eigenvalue weighted by atomic mass is 32.2. The predicted octanol–water partition coefficient (Wildman–Crippen LogP) is 5.30. The summed E-state index contributed by atoms with van der Waals surface area (Å²) in [6.07, 6.45) is 1.84. The molecule has 1 N–H and O–H groups in total. The van der Waals surface area contributed by atoms with E-state index in [0.717, 1.165) is 21.7 Å². The van der Waals surface area contributed by atoms with Gasteiger partial charge in [-0.3, -0.25) is 9.59 Å². The lowest BCUT2D eigenvalue weighted by molar-refractivity contribution is -0.114. The number of likely N-dealkylation sites (N-methyl/N-ethyl adjacent to an activating group) is 1. The molecule has 0 radical (unpaired) electrons. The number of ether oxygens (including phenoxy) is 1. The number of hydrogen-bond donors (Lipinski definition) is 1. The Hall–Kier alpha value is -3.51. The van der Waals surface area contributed by atoms with Crippen molar-refractivity contribution < 1.29 is 14.3 Å². The van der Waals surface area contributed by atoms with Crippen LogP contribution in [0.2, 0.25) is 0 Å². The first-order valence-corrected chi connectivity index (χ1v) is 11.1. The Kier molecular flexibility index (Phi) is 6.32. The molecule has 5 nitrogen and oxygen atoms in total. The van der Waals surface area contributed by atoms with Gasteiger partial charge in [0.1, 0.15) is 5.75 Å². The molecule has 0 spiro atoms. The van der Waals surface area contributed by atoms with Crippen LogP contribution in [0.15, 0.2) is 82.6 Å². The third kappa shape index (κ3) is 4.41. The van der Waals surface area contributed by atoms with Crippen LogP contribution >= 0.6 is 11.8 Å². The van der Waals surface area contributed by atoms with Gasteiger partial charge in [0, 0.05) is 23.1 Å². The van der Waals surface area contributed by atoms with Crippen LogP contribution in [0.3, 0.4) is 0 Å². The van der Waals surface area contributed by atoms with E-state index < -0.39 is 0 Å². The third-order valence-corrected chi connectivity index (χ3v) is 6.47. The number of rotatable bonds is 5. The molecule has 1 atom stereocenters. The summed E-state index contributed by atoms with van der Waals surface area (Å²) < 4.78 is 5.40. The highest BCUT2D eigenvalue weighted by Gasteiger charge is 2.28. The maximum Gasteiger partial charge on any atom is 0.264 e. The van der Waals surface area contributed by atoms with Gasteiger partial charge in [-0.15, -0.1) is 0 Å². The molecule has 0 saturated carbocycles. The average molecular weight is 445 g/mol. The summed E-state index contributed by atoms with van der Waals surface area (Å²) in [4.78, 5) is 29.0. The second-order valence-electron chi connectivity index (χ2n) is 7.51. The molecule has 3 aromatic carbocycles. The first-order chi connectivity index (χ1) is 15.5. The van der Waals surface area contributed by atoms with Gasteiger partial charge in [0.05, 0.1) is 23.7 Å². The Morgan fingerprint density at radius 1 is 1.06 bits per heavy atom. The van der Waals surface area contributed by atoms with E-state index in [4.69, 9.17) is 4.74 Å². The highest BCUT2D eigenvalue weighted by Crippen LogP contribution is 2.42. The number of thioether (sulfide) groups is 1. The van der Waals surface area contributed by atoms with Crippen LogP contribution in [0, 0.1) is 0 Å². The van der Waals surface area contributed by atoms with Crippen LogP contribution in [0.25, 0.3) is 6.08 Å². The summed E-state index contributed by atoms with van der Waals surface area (Å²) in [7, 11) is 3.34. The molecule has 1 unspecified atom stereocenters. The first-order valence-electron chi connectivity index (χ1n) is 10.3. The number of methoxy groups -OCH3 is 1. The van der Waals surface area contributed by atoms with Gasteiger partial charge in [-0.05, 0) is 42.8 Å². The molecule has 0 saturated heterocycles. The molecule has 6 heteroatoms. The second kappa shape index (κ2) is 9.32. The number of carbonyl (C=O) groups excluding carboxylic acids is 2. The third-order valence-electron chi connectivity index (χ3n) is 5.39. The number of anilines is 1. The normalized spacial score (nSPS) is 15.3. The molecule has 0 aliphatic carbocycles. The standard InChI is InChI=1S/C26H24N2O3S/c1-17(18-9-5-4-6-10-18)27-25(29)20-13-14-23-21(15-20)28(2)26(30)24(32-23)16-19-11-7-8-12-22(19)31-3/h4-17H,1-3H3,(H,27,29). The maximum absolute atomic E-state index is 13.0. The zero-order valence-electron chi connectivity index (χ0n) is 18.2. The zero-order chi connectivity index (χ0) is 22.7. The Morgan fingerprint density at radius 3 is 2.53 bits per heavy atom. The monoisotopic (exact) mass is 444 g/mol. The predicted molar refractivity (Wildman–Crippen MR) is 129 cm³/mol. The number of amides is 2. The van der Waals surface area contributed by atoms with Crippen LogP contribution in [0.4, 0.5) is 5.69 Å².